The van der Waals surface area contributed by atoms with Crippen LogP contribution in [0.1, 0.15) is 112 Å². The maximum atomic E-state index is 13.3. The standard InChI is InChI=1S/C25H40O3.C2H6/c1-4-28-22(27)10-7-9-17-11-12-19-23-20(13-15-25(17,19)3)24(2)14-6-5-8-18(24)16-21(23)26;1-2/h17-20,23H,4-16H2,1-3H3;1-2H3/t17-,18?,19?,20?,23?,24?,25?;/m0./s1. The van der Waals surface area contributed by atoms with E-state index in [2.05, 4.69) is 13.8 Å². The maximum absolute atomic E-state index is 13.3. The Morgan fingerprint density at radius 3 is 2.47 bits per heavy atom. The van der Waals surface area contributed by atoms with Gasteiger partial charge in [-0.3, -0.25) is 9.59 Å². The number of Topliss-reactive ketones (excluding diaryl/α,β-unsaturated/α-hetero) is 1. The Hall–Kier alpha value is -0.860. The zero-order valence-electron chi connectivity index (χ0n) is 20.3. The van der Waals surface area contributed by atoms with E-state index in [9.17, 15) is 9.59 Å². The van der Waals surface area contributed by atoms with Crippen molar-refractivity contribution in [3.63, 3.8) is 0 Å². The van der Waals surface area contributed by atoms with Crippen molar-refractivity contribution in [3.8, 4) is 0 Å². The SMILES string of the molecule is CC.CCOC(=O)CCC[C@H]1CCC2C3C(=O)CC4CCCCC4(C)C3CCC21C. The number of fused-ring (bicyclic) bond motifs is 5. The van der Waals surface area contributed by atoms with E-state index >= 15 is 0 Å². The first-order valence-electron chi connectivity index (χ1n) is 13.1. The molecule has 4 saturated carbocycles. The van der Waals surface area contributed by atoms with Crippen molar-refractivity contribution in [1.82, 2.24) is 0 Å². The third-order valence-corrected chi connectivity index (χ3v) is 9.82. The largest absolute Gasteiger partial charge is 0.466 e. The Morgan fingerprint density at radius 2 is 1.73 bits per heavy atom. The minimum atomic E-state index is -0.0513. The summed E-state index contributed by atoms with van der Waals surface area (Å²) in [6.45, 7) is 11.4. The van der Waals surface area contributed by atoms with E-state index in [1.54, 1.807) is 0 Å². The van der Waals surface area contributed by atoms with Crippen LogP contribution in [0.4, 0.5) is 0 Å². The van der Waals surface area contributed by atoms with Gasteiger partial charge in [0.1, 0.15) is 5.78 Å². The summed E-state index contributed by atoms with van der Waals surface area (Å²) in [6.07, 6.45) is 13.8. The van der Waals surface area contributed by atoms with Crippen LogP contribution in [0.2, 0.25) is 0 Å². The summed E-state index contributed by atoms with van der Waals surface area (Å²) in [5.74, 6) is 3.44. The number of carbonyl (C=O) groups excluding carboxylic acids is 2. The number of rotatable bonds is 5. The van der Waals surface area contributed by atoms with E-state index < -0.39 is 0 Å². The molecule has 172 valence electrons. The molecule has 0 amide bonds. The number of carbonyl (C=O) groups is 2. The molecule has 7 atom stereocenters. The highest BCUT2D eigenvalue weighted by molar-refractivity contribution is 5.83. The predicted molar refractivity (Wildman–Crippen MR) is 122 cm³/mol. The number of ketones is 1. The molecule has 3 nitrogen and oxygen atoms in total. The molecule has 0 aromatic heterocycles. The van der Waals surface area contributed by atoms with E-state index in [0.29, 0.717) is 59.2 Å². The first kappa shape index (κ1) is 23.8. The fourth-order valence-corrected chi connectivity index (χ4v) is 8.27. The van der Waals surface area contributed by atoms with Gasteiger partial charge in [0.05, 0.1) is 6.61 Å². The Morgan fingerprint density at radius 1 is 1.00 bits per heavy atom. The number of ether oxygens (including phenoxy) is 1. The molecule has 0 aromatic rings. The summed E-state index contributed by atoms with van der Waals surface area (Å²) in [5, 5.41) is 0. The normalized spacial score (nSPS) is 42.3. The van der Waals surface area contributed by atoms with Crippen molar-refractivity contribution in [2.45, 2.75) is 112 Å². The van der Waals surface area contributed by atoms with Gasteiger partial charge < -0.3 is 4.74 Å². The van der Waals surface area contributed by atoms with E-state index in [-0.39, 0.29) is 5.97 Å². The molecule has 4 aliphatic carbocycles. The first-order valence-corrected chi connectivity index (χ1v) is 13.1. The van der Waals surface area contributed by atoms with Gasteiger partial charge in [-0.05, 0) is 92.8 Å². The molecule has 0 heterocycles. The fraction of sp³-hybridized carbons (Fsp3) is 0.926. The van der Waals surface area contributed by atoms with Gasteiger partial charge in [0.25, 0.3) is 0 Å². The minimum absolute atomic E-state index is 0.0513. The maximum Gasteiger partial charge on any atom is 0.305 e. The van der Waals surface area contributed by atoms with Gasteiger partial charge in [-0.15, -0.1) is 0 Å². The molecule has 0 saturated heterocycles. The van der Waals surface area contributed by atoms with Crippen molar-refractivity contribution in [1.29, 1.82) is 0 Å². The second kappa shape index (κ2) is 9.74. The molecule has 6 unspecified atom stereocenters. The summed E-state index contributed by atoms with van der Waals surface area (Å²) in [7, 11) is 0. The molecule has 0 aromatic carbocycles. The second-order valence-corrected chi connectivity index (χ2v) is 10.9. The van der Waals surface area contributed by atoms with Crippen LogP contribution < -0.4 is 0 Å². The Bertz CT molecular complexity index is 613. The second-order valence-electron chi connectivity index (χ2n) is 10.9. The van der Waals surface area contributed by atoms with Gasteiger partial charge in [0.2, 0.25) is 0 Å². The summed E-state index contributed by atoms with van der Waals surface area (Å²) >= 11 is 0. The molecule has 0 bridgehead atoms. The van der Waals surface area contributed by atoms with Crippen LogP contribution in [0.5, 0.6) is 0 Å². The van der Waals surface area contributed by atoms with E-state index in [1.165, 1.54) is 51.4 Å². The molecular weight excluding hydrogens is 372 g/mol. The Kier molecular flexibility index (Phi) is 7.72. The Balaban J connectivity index is 0.00000124. The van der Waals surface area contributed by atoms with Gasteiger partial charge in [-0.25, -0.2) is 0 Å². The summed E-state index contributed by atoms with van der Waals surface area (Å²) < 4.78 is 5.10. The predicted octanol–water partition coefficient (Wildman–Crippen LogP) is 6.97. The van der Waals surface area contributed by atoms with Crippen LogP contribution in [0.25, 0.3) is 0 Å². The number of hydrogen-bond acceptors (Lipinski definition) is 3. The molecular formula is C27H46O3. The molecule has 0 N–H and O–H groups in total. The molecule has 4 rings (SSSR count). The first-order chi connectivity index (χ1) is 14.4. The van der Waals surface area contributed by atoms with E-state index in [4.69, 9.17) is 4.74 Å². The smallest absolute Gasteiger partial charge is 0.305 e. The lowest BCUT2D eigenvalue weighted by atomic mass is 9.44. The number of esters is 1. The molecule has 4 aliphatic rings. The van der Waals surface area contributed by atoms with Gasteiger partial charge in [0, 0.05) is 18.8 Å². The van der Waals surface area contributed by atoms with Crippen LogP contribution in [0.15, 0.2) is 0 Å². The quantitative estimate of drug-likeness (QED) is 0.453. The number of hydrogen-bond donors (Lipinski definition) is 0. The third kappa shape index (κ3) is 4.11. The molecule has 0 spiro atoms. The summed E-state index contributed by atoms with van der Waals surface area (Å²) in [4.78, 5) is 25.0. The van der Waals surface area contributed by atoms with Crippen molar-refractivity contribution in [2.24, 2.45) is 40.4 Å². The van der Waals surface area contributed by atoms with Gasteiger partial charge in [-0.2, -0.15) is 0 Å². The summed E-state index contributed by atoms with van der Waals surface area (Å²) in [6, 6.07) is 0. The van der Waals surface area contributed by atoms with Crippen LogP contribution in [-0.4, -0.2) is 18.4 Å². The van der Waals surface area contributed by atoms with Crippen LogP contribution in [-0.2, 0) is 14.3 Å². The molecule has 30 heavy (non-hydrogen) atoms. The van der Waals surface area contributed by atoms with Crippen molar-refractivity contribution < 1.29 is 14.3 Å². The molecule has 4 fully saturated rings. The van der Waals surface area contributed by atoms with Crippen LogP contribution in [0, 0.1) is 40.4 Å². The lowest BCUT2D eigenvalue weighted by Gasteiger charge is -2.59. The topological polar surface area (TPSA) is 43.4 Å². The average Bonchev–Trinajstić information content (AvgIpc) is 3.07. The molecule has 0 aliphatic heterocycles. The average molecular weight is 419 g/mol. The summed E-state index contributed by atoms with van der Waals surface area (Å²) in [5.41, 5.74) is 0.726. The van der Waals surface area contributed by atoms with Crippen molar-refractivity contribution in [2.75, 3.05) is 6.61 Å². The van der Waals surface area contributed by atoms with Crippen LogP contribution >= 0.6 is 0 Å². The van der Waals surface area contributed by atoms with E-state index in [1.807, 2.05) is 20.8 Å². The van der Waals surface area contributed by atoms with Crippen molar-refractivity contribution >= 4 is 11.8 Å². The van der Waals surface area contributed by atoms with E-state index in [0.717, 1.165) is 19.3 Å². The lowest BCUT2D eigenvalue weighted by molar-refractivity contribution is -0.155. The zero-order valence-corrected chi connectivity index (χ0v) is 20.3. The zero-order chi connectivity index (χ0) is 21.9. The lowest BCUT2D eigenvalue weighted by Crippen LogP contribution is -2.56. The third-order valence-electron chi connectivity index (χ3n) is 9.82. The highest BCUT2D eigenvalue weighted by Gasteiger charge is 2.61. The fourth-order valence-electron chi connectivity index (χ4n) is 8.27. The van der Waals surface area contributed by atoms with Gasteiger partial charge >= 0.3 is 5.97 Å². The van der Waals surface area contributed by atoms with Crippen LogP contribution in [0.3, 0.4) is 0 Å². The highest BCUT2D eigenvalue weighted by atomic mass is 16.5. The molecule has 0 radical (unpaired) electrons. The highest BCUT2D eigenvalue weighted by Crippen LogP contribution is 2.67. The van der Waals surface area contributed by atoms with Gasteiger partial charge in [-0.1, -0.05) is 40.5 Å². The van der Waals surface area contributed by atoms with Gasteiger partial charge in [0.15, 0.2) is 0 Å². The molecule has 3 heteroatoms. The monoisotopic (exact) mass is 418 g/mol. The minimum Gasteiger partial charge on any atom is -0.466 e. The van der Waals surface area contributed by atoms with Crippen molar-refractivity contribution in [3.05, 3.63) is 0 Å². The Labute approximate surface area is 185 Å².